The third-order valence-corrected chi connectivity index (χ3v) is 6.31. The Labute approximate surface area is 184 Å². The molecule has 0 bridgehead atoms. The van der Waals surface area contributed by atoms with Crippen LogP contribution in [0.4, 0.5) is 11.5 Å². The van der Waals surface area contributed by atoms with Gasteiger partial charge in [-0.05, 0) is 37.5 Å². The summed E-state index contributed by atoms with van der Waals surface area (Å²) in [5.74, 6) is 0.367. The van der Waals surface area contributed by atoms with Gasteiger partial charge in [-0.2, -0.15) is 5.10 Å². The zero-order chi connectivity index (χ0) is 21.3. The number of halogens is 2. The summed E-state index contributed by atoms with van der Waals surface area (Å²) in [5, 5.41) is 12.2. The number of nitrogens with zero attached hydrogens (tertiary/aromatic N) is 4. The van der Waals surface area contributed by atoms with E-state index in [2.05, 4.69) is 30.4 Å². The van der Waals surface area contributed by atoms with Crippen LogP contribution >= 0.6 is 23.2 Å². The Hall–Kier alpha value is -2.58. The van der Waals surface area contributed by atoms with Crippen molar-refractivity contribution in [1.82, 2.24) is 20.2 Å². The van der Waals surface area contributed by atoms with Gasteiger partial charge in [0.25, 0.3) is 0 Å². The van der Waals surface area contributed by atoms with Crippen molar-refractivity contribution in [2.45, 2.75) is 31.7 Å². The van der Waals surface area contributed by atoms with Crippen LogP contribution in [0.25, 0.3) is 11.0 Å². The summed E-state index contributed by atoms with van der Waals surface area (Å²) in [6.07, 6.45) is 5.53. The molecular weight excluding hydrogens is 425 g/mol. The number of piperidine rings is 1. The lowest BCUT2D eigenvalue weighted by Gasteiger charge is -2.44. The van der Waals surface area contributed by atoms with E-state index in [4.69, 9.17) is 28.9 Å². The number of aromatic nitrogens is 4. The van der Waals surface area contributed by atoms with Gasteiger partial charge in [-0.15, -0.1) is 0 Å². The van der Waals surface area contributed by atoms with E-state index in [1.807, 2.05) is 6.92 Å². The number of carbonyl (C=O) groups excluding carboxylic acids is 1. The van der Waals surface area contributed by atoms with Crippen LogP contribution in [0.5, 0.6) is 0 Å². The maximum absolute atomic E-state index is 12.8. The molecule has 1 saturated heterocycles. The van der Waals surface area contributed by atoms with E-state index in [-0.39, 0.29) is 5.92 Å². The van der Waals surface area contributed by atoms with Crippen LogP contribution in [0, 0.1) is 5.92 Å². The Kier molecular flexibility index (Phi) is 5.71. The first kappa shape index (κ1) is 20.7. The number of nitrogens with two attached hydrogens (primary N) is 1. The van der Waals surface area contributed by atoms with Crippen molar-refractivity contribution in [3.63, 3.8) is 0 Å². The zero-order valence-electron chi connectivity index (χ0n) is 16.5. The normalized spacial score (nSPS) is 18.9. The smallest absolute Gasteiger partial charge is 0.243 e. The first-order valence-corrected chi connectivity index (χ1v) is 10.6. The zero-order valence-corrected chi connectivity index (χ0v) is 18.0. The second-order valence-corrected chi connectivity index (χ2v) is 8.46. The van der Waals surface area contributed by atoms with Gasteiger partial charge in [0.15, 0.2) is 5.65 Å². The number of nitrogens with one attached hydrogen (secondary N) is 2. The van der Waals surface area contributed by atoms with Crippen molar-refractivity contribution >= 4 is 51.6 Å². The number of hydrogen-bond donors (Lipinski definition) is 3. The first-order chi connectivity index (χ1) is 14.4. The highest BCUT2D eigenvalue weighted by Gasteiger charge is 2.45. The molecule has 30 heavy (non-hydrogen) atoms. The van der Waals surface area contributed by atoms with Gasteiger partial charge in [-0.3, -0.25) is 9.89 Å². The highest BCUT2D eigenvalue weighted by molar-refractivity contribution is 6.35. The molecule has 1 unspecified atom stereocenters. The number of anilines is 2. The molecule has 10 heteroatoms. The minimum atomic E-state index is -0.949. The highest BCUT2D eigenvalue weighted by Crippen LogP contribution is 2.36. The molecule has 4 N–H and O–H groups in total. The monoisotopic (exact) mass is 447 g/mol. The number of carbonyl (C=O) groups is 1. The summed E-state index contributed by atoms with van der Waals surface area (Å²) in [5.41, 5.74) is 6.38. The number of hydrogen-bond acceptors (Lipinski definition) is 6. The van der Waals surface area contributed by atoms with Crippen LogP contribution in [-0.4, -0.2) is 44.7 Å². The molecule has 3 aromatic rings. The van der Waals surface area contributed by atoms with Gasteiger partial charge in [0.1, 0.15) is 17.7 Å². The van der Waals surface area contributed by atoms with Crippen LogP contribution in [0.2, 0.25) is 10.0 Å². The Morgan fingerprint density at radius 3 is 2.80 bits per heavy atom. The van der Waals surface area contributed by atoms with Gasteiger partial charge in [0, 0.05) is 34.7 Å². The van der Waals surface area contributed by atoms with Gasteiger partial charge in [-0.25, -0.2) is 9.97 Å². The van der Waals surface area contributed by atoms with Gasteiger partial charge in [0.2, 0.25) is 5.91 Å². The van der Waals surface area contributed by atoms with Crippen LogP contribution < -0.4 is 16.0 Å². The number of primary amides is 1. The van der Waals surface area contributed by atoms with Crippen LogP contribution in [0.3, 0.4) is 0 Å². The molecule has 1 aliphatic heterocycles. The Balaban J connectivity index is 1.67. The van der Waals surface area contributed by atoms with Gasteiger partial charge >= 0.3 is 0 Å². The molecular formula is C20H23Cl2N7O. The summed E-state index contributed by atoms with van der Waals surface area (Å²) in [7, 11) is 0. The molecule has 1 aromatic carbocycles. The first-order valence-electron chi connectivity index (χ1n) is 9.86. The van der Waals surface area contributed by atoms with Crippen molar-refractivity contribution in [2.75, 3.05) is 23.3 Å². The van der Waals surface area contributed by atoms with E-state index < -0.39 is 11.4 Å². The largest absolute Gasteiger partial charge is 0.371 e. The van der Waals surface area contributed by atoms with Crippen molar-refractivity contribution in [3.05, 3.63) is 40.8 Å². The summed E-state index contributed by atoms with van der Waals surface area (Å²) < 4.78 is 0. The summed E-state index contributed by atoms with van der Waals surface area (Å²) >= 11 is 12.3. The fourth-order valence-electron chi connectivity index (χ4n) is 4.38. The Bertz CT molecular complexity index is 1050. The van der Waals surface area contributed by atoms with E-state index in [0.717, 1.165) is 30.6 Å². The van der Waals surface area contributed by atoms with E-state index in [0.29, 0.717) is 34.3 Å². The lowest BCUT2D eigenvalue weighted by molar-refractivity contribution is -0.124. The standard InChI is InChI=1S/C20H23Cl2N7O/c1-2-20(19(23)30,27-15-7-13(21)6-14(22)8-15)12-4-3-5-29(10-12)18-16-9-26-28-17(16)24-11-25-18/h6-9,11-12,27H,2-5,10H2,1H3,(H2,23,30)(H,24,25,26,28)/t12-,20?/m1/s1. The highest BCUT2D eigenvalue weighted by atomic mass is 35.5. The van der Waals surface area contributed by atoms with Crippen LogP contribution in [0.15, 0.2) is 30.7 Å². The quantitative estimate of drug-likeness (QED) is 0.531. The Morgan fingerprint density at radius 1 is 1.33 bits per heavy atom. The molecule has 1 fully saturated rings. The van der Waals surface area contributed by atoms with Crippen molar-refractivity contribution in [1.29, 1.82) is 0 Å². The fraction of sp³-hybridized carbons (Fsp3) is 0.400. The minimum absolute atomic E-state index is 0.0385. The molecule has 0 radical (unpaired) electrons. The predicted molar refractivity (Wildman–Crippen MR) is 119 cm³/mol. The van der Waals surface area contributed by atoms with Gasteiger partial charge in [0.05, 0.1) is 11.6 Å². The van der Waals surface area contributed by atoms with Crippen molar-refractivity contribution < 1.29 is 4.79 Å². The lowest BCUT2D eigenvalue weighted by Crippen LogP contribution is -2.59. The fourth-order valence-corrected chi connectivity index (χ4v) is 4.90. The van der Waals surface area contributed by atoms with Crippen LogP contribution in [-0.2, 0) is 4.79 Å². The molecule has 0 aliphatic carbocycles. The lowest BCUT2D eigenvalue weighted by atomic mass is 9.76. The van der Waals surface area contributed by atoms with Crippen molar-refractivity contribution in [2.24, 2.45) is 11.7 Å². The van der Waals surface area contributed by atoms with Gasteiger partial charge < -0.3 is 16.0 Å². The number of amides is 1. The van der Waals surface area contributed by atoms with Gasteiger partial charge in [-0.1, -0.05) is 30.1 Å². The molecule has 0 saturated carbocycles. The summed E-state index contributed by atoms with van der Waals surface area (Å²) in [6.45, 7) is 3.41. The maximum atomic E-state index is 12.8. The predicted octanol–water partition coefficient (Wildman–Crippen LogP) is 3.62. The molecule has 8 nitrogen and oxygen atoms in total. The number of H-pyrrole nitrogens is 1. The van der Waals surface area contributed by atoms with E-state index in [1.165, 1.54) is 6.33 Å². The Morgan fingerprint density at radius 2 is 2.10 bits per heavy atom. The van der Waals surface area contributed by atoms with Crippen molar-refractivity contribution in [3.8, 4) is 0 Å². The third kappa shape index (κ3) is 3.77. The van der Waals surface area contributed by atoms with E-state index in [1.54, 1.807) is 24.4 Å². The van der Waals surface area contributed by atoms with E-state index >= 15 is 0 Å². The number of fused-ring (bicyclic) bond motifs is 1. The molecule has 1 amide bonds. The molecule has 1 aliphatic rings. The SMILES string of the molecule is CCC(Nc1cc(Cl)cc(Cl)c1)(C(N)=O)[C@@H]1CCCN(c2ncnc3[nH]ncc23)C1. The molecule has 4 rings (SSSR count). The molecule has 0 spiro atoms. The summed E-state index contributed by atoms with van der Waals surface area (Å²) in [6, 6.07) is 5.15. The average Bonchev–Trinajstić information content (AvgIpc) is 3.20. The average molecular weight is 448 g/mol. The van der Waals surface area contributed by atoms with Crippen LogP contribution in [0.1, 0.15) is 26.2 Å². The number of rotatable bonds is 6. The molecule has 2 aromatic heterocycles. The molecule has 3 heterocycles. The molecule has 158 valence electrons. The maximum Gasteiger partial charge on any atom is 0.243 e. The second kappa shape index (κ2) is 8.28. The second-order valence-electron chi connectivity index (χ2n) is 7.59. The molecule has 2 atom stereocenters. The number of benzene rings is 1. The number of aromatic amines is 1. The third-order valence-electron chi connectivity index (χ3n) is 5.87. The minimum Gasteiger partial charge on any atom is -0.371 e. The summed E-state index contributed by atoms with van der Waals surface area (Å²) in [4.78, 5) is 23.6. The topological polar surface area (TPSA) is 113 Å². The van der Waals surface area contributed by atoms with E-state index in [9.17, 15) is 4.79 Å².